The Kier molecular flexibility index (Phi) is 5.89. The predicted molar refractivity (Wildman–Crippen MR) is 109 cm³/mol. The highest BCUT2D eigenvalue weighted by molar-refractivity contribution is 9.10. The molecule has 0 bridgehead atoms. The average molecular weight is 414 g/mol. The summed E-state index contributed by atoms with van der Waals surface area (Å²) in [6, 6.07) is 14.3. The smallest absolute Gasteiger partial charge is 0.258 e. The van der Waals surface area contributed by atoms with E-state index in [4.69, 9.17) is 0 Å². The lowest BCUT2D eigenvalue weighted by Gasteiger charge is -2.23. The van der Waals surface area contributed by atoms with Gasteiger partial charge in [0.15, 0.2) is 0 Å². The maximum Gasteiger partial charge on any atom is 0.258 e. The number of pyridine rings is 1. The van der Waals surface area contributed by atoms with Crippen LogP contribution in [0, 0.1) is 5.92 Å². The van der Waals surface area contributed by atoms with Crippen molar-refractivity contribution in [3.8, 4) is 0 Å². The Labute approximate surface area is 162 Å². The largest absolute Gasteiger partial charge is 0.304 e. The number of halogens is 1. The molecule has 3 rings (SSSR count). The summed E-state index contributed by atoms with van der Waals surface area (Å²) in [5, 5.41) is 3.57. The molecule has 0 fully saturated rings. The van der Waals surface area contributed by atoms with Crippen molar-refractivity contribution in [2.75, 3.05) is 0 Å². The predicted octanol–water partition coefficient (Wildman–Crippen LogP) is 4.51. The van der Waals surface area contributed by atoms with Crippen LogP contribution < -0.4 is 10.9 Å². The van der Waals surface area contributed by atoms with Crippen molar-refractivity contribution in [1.29, 1.82) is 0 Å². The number of hydrogen-bond acceptors (Lipinski definition) is 3. The van der Waals surface area contributed by atoms with E-state index in [-0.39, 0.29) is 11.6 Å². The Morgan fingerprint density at radius 3 is 2.54 bits per heavy atom. The SMILES string of the molecule is CCc1ccc([C@@H](NCc2cc(=O)n3cc(Br)ccc3n2)C(C)C)cc1. The van der Waals surface area contributed by atoms with Gasteiger partial charge in [-0.15, -0.1) is 0 Å². The molecule has 0 amide bonds. The second-order valence-electron chi connectivity index (χ2n) is 6.86. The lowest BCUT2D eigenvalue weighted by Crippen LogP contribution is -2.27. The van der Waals surface area contributed by atoms with E-state index in [0.717, 1.165) is 16.6 Å². The summed E-state index contributed by atoms with van der Waals surface area (Å²) < 4.78 is 2.41. The molecule has 0 saturated heterocycles. The number of aryl methyl sites for hydroxylation is 1. The second-order valence-corrected chi connectivity index (χ2v) is 7.77. The minimum absolute atomic E-state index is 0.0681. The van der Waals surface area contributed by atoms with Gasteiger partial charge in [-0.05, 0) is 51.5 Å². The summed E-state index contributed by atoms with van der Waals surface area (Å²) in [4.78, 5) is 17.0. The molecule has 4 nitrogen and oxygen atoms in total. The van der Waals surface area contributed by atoms with Crippen LogP contribution in [-0.2, 0) is 13.0 Å². The Morgan fingerprint density at radius 2 is 1.88 bits per heavy atom. The molecule has 26 heavy (non-hydrogen) atoms. The summed E-state index contributed by atoms with van der Waals surface area (Å²) in [5.74, 6) is 0.431. The maximum atomic E-state index is 12.3. The Bertz CT molecular complexity index is 948. The molecule has 0 aliphatic carbocycles. The number of nitrogens with zero attached hydrogens (tertiary/aromatic N) is 2. The molecule has 3 aromatic rings. The van der Waals surface area contributed by atoms with E-state index in [9.17, 15) is 4.79 Å². The number of aromatic nitrogens is 2. The topological polar surface area (TPSA) is 46.4 Å². The van der Waals surface area contributed by atoms with Gasteiger partial charge in [-0.3, -0.25) is 9.20 Å². The molecule has 0 aliphatic heterocycles. The van der Waals surface area contributed by atoms with Gasteiger partial charge in [-0.1, -0.05) is 45.0 Å². The summed E-state index contributed by atoms with van der Waals surface area (Å²) >= 11 is 3.39. The summed E-state index contributed by atoms with van der Waals surface area (Å²) in [6.07, 6.45) is 2.79. The standard InChI is InChI=1S/C21H24BrN3O/c1-4-15-5-7-16(8-6-15)21(14(2)3)23-12-18-11-20(26)25-13-17(22)9-10-19(25)24-18/h5-11,13-14,21,23H,4,12H2,1-3H3/t21-/m0/s1. The van der Waals surface area contributed by atoms with Crippen molar-refractivity contribution in [2.24, 2.45) is 5.92 Å². The average Bonchev–Trinajstić information content (AvgIpc) is 2.63. The van der Waals surface area contributed by atoms with Crippen molar-refractivity contribution in [2.45, 2.75) is 39.8 Å². The van der Waals surface area contributed by atoms with E-state index in [0.29, 0.717) is 18.1 Å². The Morgan fingerprint density at radius 1 is 1.15 bits per heavy atom. The van der Waals surface area contributed by atoms with Crippen molar-refractivity contribution < 1.29 is 0 Å². The highest BCUT2D eigenvalue weighted by Gasteiger charge is 2.16. The van der Waals surface area contributed by atoms with Crippen molar-refractivity contribution in [3.05, 3.63) is 80.3 Å². The van der Waals surface area contributed by atoms with Gasteiger partial charge < -0.3 is 5.32 Å². The van der Waals surface area contributed by atoms with Crippen LogP contribution in [0.25, 0.3) is 5.65 Å². The second kappa shape index (κ2) is 8.14. The fraction of sp³-hybridized carbons (Fsp3) is 0.333. The minimum Gasteiger partial charge on any atom is -0.304 e. The molecule has 2 heterocycles. The zero-order valence-corrected chi connectivity index (χ0v) is 17.0. The Hall–Kier alpha value is -1.98. The lowest BCUT2D eigenvalue weighted by molar-refractivity contribution is 0.408. The quantitative estimate of drug-likeness (QED) is 0.646. The van der Waals surface area contributed by atoms with Crippen LogP contribution in [0.1, 0.15) is 43.6 Å². The molecule has 0 saturated carbocycles. The summed E-state index contributed by atoms with van der Waals surface area (Å²) in [5.41, 5.74) is 3.95. The van der Waals surface area contributed by atoms with Gasteiger partial charge in [0.05, 0.1) is 5.69 Å². The van der Waals surface area contributed by atoms with Crippen LogP contribution in [0.15, 0.2) is 57.9 Å². The van der Waals surface area contributed by atoms with Crippen LogP contribution >= 0.6 is 15.9 Å². The molecule has 0 unspecified atom stereocenters. The van der Waals surface area contributed by atoms with Gasteiger partial charge >= 0.3 is 0 Å². The van der Waals surface area contributed by atoms with E-state index in [1.54, 1.807) is 16.7 Å². The monoisotopic (exact) mass is 413 g/mol. The first-order valence-corrected chi connectivity index (χ1v) is 9.77. The van der Waals surface area contributed by atoms with Gasteiger partial charge in [0.1, 0.15) is 5.65 Å². The fourth-order valence-electron chi connectivity index (χ4n) is 3.13. The summed E-state index contributed by atoms with van der Waals surface area (Å²) in [7, 11) is 0. The van der Waals surface area contributed by atoms with E-state index >= 15 is 0 Å². The molecular weight excluding hydrogens is 390 g/mol. The number of fused-ring (bicyclic) bond motifs is 1. The third kappa shape index (κ3) is 4.22. The summed E-state index contributed by atoms with van der Waals surface area (Å²) in [6.45, 7) is 7.12. The maximum absolute atomic E-state index is 12.3. The molecule has 2 aromatic heterocycles. The third-order valence-corrected chi connectivity index (χ3v) is 5.06. The highest BCUT2D eigenvalue weighted by Crippen LogP contribution is 2.22. The van der Waals surface area contributed by atoms with Crippen LogP contribution in [0.3, 0.4) is 0 Å². The van der Waals surface area contributed by atoms with Crippen LogP contribution in [-0.4, -0.2) is 9.38 Å². The molecule has 1 aromatic carbocycles. The highest BCUT2D eigenvalue weighted by atomic mass is 79.9. The normalized spacial score (nSPS) is 12.7. The third-order valence-electron chi connectivity index (χ3n) is 4.59. The van der Waals surface area contributed by atoms with Crippen LogP contribution in [0.4, 0.5) is 0 Å². The van der Waals surface area contributed by atoms with Crippen LogP contribution in [0.5, 0.6) is 0 Å². The zero-order chi connectivity index (χ0) is 18.7. The number of hydrogen-bond donors (Lipinski definition) is 1. The van der Waals surface area contributed by atoms with E-state index < -0.39 is 0 Å². The van der Waals surface area contributed by atoms with Gasteiger partial charge in [0.25, 0.3) is 5.56 Å². The molecule has 5 heteroatoms. The van der Waals surface area contributed by atoms with Crippen molar-refractivity contribution in [3.63, 3.8) is 0 Å². The Balaban J connectivity index is 1.81. The number of nitrogens with one attached hydrogen (secondary N) is 1. The molecule has 0 spiro atoms. The van der Waals surface area contributed by atoms with Gasteiger partial charge in [-0.2, -0.15) is 0 Å². The van der Waals surface area contributed by atoms with Gasteiger partial charge in [0, 0.05) is 29.3 Å². The van der Waals surface area contributed by atoms with E-state index in [1.165, 1.54) is 11.1 Å². The zero-order valence-electron chi connectivity index (χ0n) is 15.4. The lowest BCUT2D eigenvalue weighted by atomic mass is 9.95. The van der Waals surface area contributed by atoms with Crippen molar-refractivity contribution in [1.82, 2.24) is 14.7 Å². The number of rotatable bonds is 6. The first-order valence-electron chi connectivity index (χ1n) is 8.98. The molecule has 0 radical (unpaired) electrons. The molecule has 1 atom stereocenters. The van der Waals surface area contributed by atoms with Gasteiger partial charge in [-0.25, -0.2) is 4.98 Å². The van der Waals surface area contributed by atoms with Crippen LogP contribution in [0.2, 0.25) is 0 Å². The van der Waals surface area contributed by atoms with E-state index in [1.807, 2.05) is 12.1 Å². The minimum atomic E-state index is -0.0681. The van der Waals surface area contributed by atoms with Gasteiger partial charge in [0.2, 0.25) is 0 Å². The first-order chi connectivity index (χ1) is 12.5. The fourth-order valence-corrected chi connectivity index (χ4v) is 3.47. The number of benzene rings is 1. The molecule has 136 valence electrons. The molecule has 1 N–H and O–H groups in total. The van der Waals surface area contributed by atoms with Crippen molar-refractivity contribution >= 4 is 21.6 Å². The molecule has 0 aliphatic rings. The van der Waals surface area contributed by atoms with E-state index in [2.05, 4.69) is 71.3 Å². The molecular formula is C21H24BrN3O. The first kappa shape index (κ1) is 18.8.